The number of ether oxygens (including phenoxy) is 1. The molecule has 1 heterocycles. The van der Waals surface area contributed by atoms with Crippen LogP contribution in [-0.4, -0.2) is 49.2 Å². The van der Waals surface area contributed by atoms with Crippen molar-refractivity contribution in [2.24, 2.45) is 0 Å². The van der Waals surface area contributed by atoms with Crippen molar-refractivity contribution in [2.75, 3.05) is 38.2 Å². The highest BCUT2D eigenvalue weighted by Gasteiger charge is 2.24. The Labute approximate surface area is 171 Å². The third-order valence-electron chi connectivity index (χ3n) is 5.18. The maximum Gasteiger partial charge on any atom is 0.264 e. The van der Waals surface area contributed by atoms with E-state index in [2.05, 4.69) is 4.90 Å². The van der Waals surface area contributed by atoms with Gasteiger partial charge in [0.05, 0.1) is 7.11 Å². The molecule has 0 unspecified atom stereocenters. The monoisotopic (exact) mass is 391 g/mol. The van der Waals surface area contributed by atoms with Gasteiger partial charge in [0.2, 0.25) is 0 Å². The number of nitriles is 1. The molecule has 0 spiro atoms. The quantitative estimate of drug-likeness (QED) is 0.639. The van der Waals surface area contributed by atoms with Gasteiger partial charge in [0, 0.05) is 31.9 Å². The van der Waals surface area contributed by atoms with Crippen molar-refractivity contribution in [2.45, 2.75) is 13.8 Å². The highest BCUT2D eigenvalue weighted by atomic mass is 16.5. The number of aromatic hydroxyl groups is 1. The van der Waals surface area contributed by atoms with Gasteiger partial charge in [-0.3, -0.25) is 4.79 Å². The Balaban J connectivity index is 1.69. The van der Waals surface area contributed by atoms with Crippen LogP contribution >= 0.6 is 0 Å². The molecule has 150 valence electrons. The fraction of sp³-hybridized carbons (Fsp3) is 0.304. The first kappa shape index (κ1) is 20.3. The Morgan fingerprint density at radius 1 is 1.10 bits per heavy atom. The Hall–Kier alpha value is -3.46. The molecule has 2 aromatic rings. The highest BCUT2D eigenvalue weighted by molar-refractivity contribution is 6.01. The summed E-state index contributed by atoms with van der Waals surface area (Å²) in [6, 6.07) is 13.4. The summed E-state index contributed by atoms with van der Waals surface area (Å²) in [6.45, 7) is 6.11. The van der Waals surface area contributed by atoms with E-state index in [0.29, 0.717) is 37.3 Å². The zero-order chi connectivity index (χ0) is 21.0. The molecule has 1 amide bonds. The number of phenolic OH excluding ortho intramolecular Hbond substituents is 1. The van der Waals surface area contributed by atoms with E-state index < -0.39 is 0 Å². The number of anilines is 1. The van der Waals surface area contributed by atoms with Crippen LogP contribution in [0.25, 0.3) is 6.08 Å². The summed E-state index contributed by atoms with van der Waals surface area (Å²) < 4.78 is 5.19. The smallest absolute Gasteiger partial charge is 0.264 e. The van der Waals surface area contributed by atoms with Crippen molar-refractivity contribution in [3.05, 3.63) is 58.7 Å². The van der Waals surface area contributed by atoms with Crippen LogP contribution in [-0.2, 0) is 4.79 Å². The Kier molecular flexibility index (Phi) is 6.08. The van der Waals surface area contributed by atoms with Gasteiger partial charge in [-0.2, -0.15) is 5.26 Å². The van der Waals surface area contributed by atoms with E-state index in [-0.39, 0.29) is 17.2 Å². The molecule has 3 rings (SSSR count). The second-order valence-electron chi connectivity index (χ2n) is 7.15. The first-order valence-corrected chi connectivity index (χ1v) is 9.53. The van der Waals surface area contributed by atoms with Crippen molar-refractivity contribution in [1.82, 2.24) is 4.90 Å². The number of hydrogen-bond donors (Lipinski definition) is 1. The molecule has 29 heavy (non-hydrogen) atoms. The SMILES string of the molecule is COc1ccc(N2CCN(C(=O)/C(C#N)=C/c3cc(C)c(O)c(C)c3)CC2)cc1. The fourth-order valence-corrected chi connectivity index (χ4v) is 3.51. The molecule has 0 aliphatic carbocycles. The molecule has 0 atom stereocenters. The Morgan fingerprint density at radius 3 is 2.21 bits per heavy atom. The first-order valence-electron chi connectivity index (χ1n) is 9.53. The van der Waals surface area contributed by atoms with Crippen LogP contribution in [0.5, 0.6) is 11.5 Å². The average molecular weight is 391 g/mol. The molecule has 1 aliphatic heterocycles. The summed E-state index contributed by atoms with van der Waals surface area (Å²) in [4.78, 5) is 16.8. The van der Waals surface area contributed by atoms with Gasteiger partial charge >= 0.3 is 0 Å². The van der Waals surface area contributed by atoms with Crippen LogP contribution in [0.4, 0.5) is 5.69 Å². The standard InChI is InChI=1S/C23H25N3O3/c1-16-12-18(13-17(2)22(16)27)14-19(15-24)23(28)26-10-8-25(9-11-26)20-4-6-21(29-3)7-5-20/h4-7,12-14,27H,8-11H2,1-3H3/b19-14+. The number of phenols is 1. The third-order valence-corrected chi connectivity index (χ3v) is 5.18. The van der Waals surface area contributed by atoms with Crippen molar-refractivity contribution in [3.63, 3.8) is 0 Å². The molecular formula is C23H25N3O3. The van der Waals surface area contributed by atoms with Crippen LogP contribution in [0, 0.1) is 25.2 Å². The van der Waals surface area contributed by atoms with E-state index in [1.807, 2.05) is 30.3 Å². The Bertz CT molecular complexity index is 943. The van der Waals surface area contributed by atoms with Crippen LogP contribution < -0.4 is 9.64 Å². The molecule has 1 aliphatic rings. The summed E-state index contributed by atoms with van der Waals surface area (Å²) in [6.07, 6.45) is 1.59. The maximum atomic E-state index is 12.8. The summed E-state index contributed by atoms with van der Waals surface area (Å²) in [5.74, 6) is 0.790. The summed E-state index contributed by atoms with van der Waals surface area (Å²) in [5.41, 5.74) is 3.36. The predicted octanol–water partition coefficient (Wildman–Crippen LogP) is 3.27. The molecule has 0 saturated carbocycles. The molecular weight excluding hydrogens is 366 g/mol. The minimum atomic E-state index is -0.259. The van der Waals surface area contributed by atoms with E-state index in [1.54, 1.807) is 44.1 Å². The number of methoxy groups -OCH3 is 1. The molecule has 6 heteroatoms. The van der Waals surface area contributed by atoms with Crippen LogP contribution in [0.2, 0.25) is 0 Å². The van der Waals surface area contributed by atoms with E-state index in [9.17, 15) is 15.2 Å². The van der Waals surface area contributed by atoms with E-state index in [4.69, 9.17) is 4.74 Å². The lowest BCUT2D eigenvalue weighted by Gasteiger charge is -2.36. The van der Waals surface area contributed by atoms with E-state index in [0.717, 1.165) is 17.0 Å². The number of amides is 1. The molecule has 0 bridgehead atoms. The largest absolute Gasteiger partial charge is 0.507 e. The van der Waals surface area contributed by atoms with Gasteiger partial charge in [-0.25, -0.2) is 0 Å². The van der Waals surface area contributed by atoms with Crippen molar-refractivity contribution >= 4 is 17.7 Å². The summed E-state index contributed by atoms with van der Waals surface area (Å²) in [7, 11) is 1.64. The van der Waals surface area contributed by atoms with Gasteiger partial charge in [0.1, 0.15) is 23.1 Å². The minimum Gasteiger partial charge on any atom is -0.507 e. The predicted molar refractivity (Wildman–Crippen MR) is 113 cm³/mol. The van der Waals surface area contributed by atoms with Crippen molar-refractivity contribution in [3.8, 4) is 17.6 Å². The molecule has 2 aromatic carbocycles. The number of carbonyl (C=O) groups is 1. The topological polar surface area (TPSA) is 76.8 Å². The van der Waals surface area contributed by atoms with Gasteiger partial charge in [0.25, 0.3) is 5.91 Å². The lowest BCUT2D eigenvalue weighted by atomic mass is 10.0. The number of aryl methyl sites for hydroxylation is 2. The lowest BCUT2D eigenvalue weighted by Crippen LogP contribution is -2.49. The number of piperazine rings is 1. The Morgan fingerprint density at radius 2 is 1.69 bits per heavy atom. The van der Waals surface area contributed by atoms with Gasteiger partial charge < -0.3 is 19.6 Å². The number of benzene rings is 2. The average Bonchev–Trinajstić information content (AvgIpc) is 2.75. The number of hydrogen-bond acceptors (Lipinski definition) is 5. The number of nitrogens with zero attached hydrogens (tertiary/aromatic N) is 3. The molecule has 0 aromatic heterocycles. The van der Waals surface area contributed by atoms with Crippen LogP contribution in [0.3, 0.4) is 0 Å². The molecule has 1 fully saturated rings. The first-order chi connectivity index (χ1) is 13.9. The van der Waals surface area contributed by atoms with E-state index >= 15 is 0 Å². The molecule has 1 saturated heterocycles. The molecule has 0 radical (unpaired) electrons. The minimum absolute atomic E-state index is 0.104. The van der Waals surface area contributed by atoms with Gasteiger partial charge in [-0.05, 0) is 73.0 Å². The lowest BCUT2D eigenvalue weighted by molar-refractivity contribution is -0.126. The van der Waals surface area contributed by atoms with Crippen molar-refractivity contribution < 1.29 is 14.6 Å². The van der Waals surface area contributed by atoms with Gasteiger partial charge in [0.15, 0.2) is 0 Å². The van der Waals surface area contributed by atoms with E-state index in [1.165, 1.54) is 0 Å². The normalized spacial score (nSPS) is 14.5. The van der Waals surface area contributed by atoms with Crippen molar-refractivity contribution in [1.29, 1.82) is 5.26 Å². The third kappa shape index (κ3) is 4.52. The second-order valence-corrected chi connectivity index (χ2v) is 7.15. The molecule has 1 N–H and O–H groups in total. The number of carbonyl (C=O) groups excluding carboxylic acids is 1. The molecule has 6 nitrogen and oxygen atoms in total. The fourth-order valence-electron chi connectivity index (χ4n) is 3.51. The zero-order valence-corrected chi connectivity index (χ0v) is 17.0. The summed E-state index contributed by atoms with van der Waals surface area (Å²) >= 11 is 0. The second kappa shape index (κ2) is 8.70. The highest BCUT2D eigenvalue weighted by Crippen LogP contribution is 2.25. The maximum absolute atomic E-state index is 12.8. The van der Waals surface area contributed by atoms with Gasteiger partial charge in [-0.1, -0.05) is 0 Å². The van der Waals surface area contributed by atoms with Gasteiger partial charge in [-0.15, -0.1) is 0 Å². The zero-order valence-electron chi connectivity index (χ0n) is 17.0. The van der Waals surface area contributed by atoms with Crippen LogP contribution in [0.15, 0.2) is 42.0 Å². The number of rotatable bonds is 4. The summed E-state index contributed by atoms with van der Waals surface area (Å²) in [5, 5.41) is 19.4. The van der Waals surface area contributed by atoms with Crippen LogP contribution in [0.1, 0.15) is 16.7 Å².